The van der Waals surface area contributed by atoms with Gasteiger partial charge in [0, 0.05) is 42.1 Å². The number of fused-ring (bicyclic) bond motifs is 2. The van der Waals surface area contributed by atoms with Gasteiger partial charge in [-0.3, -0.25) is 9.59 Å². The van der Waals surface area contributed by atoms with E-state index in [9.17, 15) is 14.9 Å². The van der Waals surface area contributed by atoms with Crippen molar-refractivity contribution in [3.63, 3.8) is 0 Å². The van der Waals surface area contributed by atoms with Crippen LogP contribution in [0.2, 0.25) is 0 Å². The second-order valence-corrected chi connectivity index (χ2v) is 9.47. The fourth-order valence-electron chi connectivity index (χ4n) is 5.06. The van der Waals surface area contributed by atoms with E-state index in [4.69, 9.17) is 4.74 Å². The van der Waals surface area contributed by atoms with Crippen LogP contribution in [0, 0.1) is 11.3 Å². The largest absolute Gasteiger partial charge is 0.457 e. The first-order valence-electron chi connectivity index (χ1n) is 12.3. The Morgan fingerprint density at radius 1 is 1.11 bits per heavy atom. The molecule has 0 radical (unpaired) electrons. The third-order valence-electron chi connectivity index (χ3n) is 6.98. The van der Waals surface area contributed by atoms with E-state index in [2.05, 4.69) is 16.7 Å². The van der Waals surface area contributed by atoms with E-state index in [-0.39, 0.29) is 17.9 Å². The Bertz CT molecular complexity index is 1580. The van der Waals surface area contributed by atoms with E-state index < -0.39 is 0 Å². The molecule has 2 aliphatic heterocycles. The first-order chi connectivity index (χ1) is 18.0. The lowest BCUT2D eigenvalue weighted by Crippen LogP contribution is -2.35. The molecule has 1 saturated heterocycles. The first-order valence-corrected chi connectivity index (χ1v) is 12.3. The van der Waals surface area contributed by atoms with Crippen molar-refractivity contribution in [3.8, 4) is 23.3 Å². The maximum Gasteiger partial charge on any atom is 0.254 e. The summed E-state index contributed by atoms with van der Waals surface area (Å²) in [6.45, 7) is 1.45. The van der Waals surface area contributed by atoms with Gasteiger partial charge in [0.25, 0.3) is 5.91 Å². The minimum Gasteiger partial charge on any atom is -0.457 e. The molecule has 2 N–H and O–H groups in total. The molecule has 0 spiro atoms. The van der Waals surface area contributed by atoms with Gasteiger partial charge in [0.2, 0.25) is 5.91 Å². The van der Waals surface area contributed by atoms with Crippen LogP contribution in [-0.4, -0.2) is 40.9 Å². The van der Waals surface area contributed by atoms with Gasteiger partial charge in [-0.15, -0.1) is 0 Å². The Kier molecular flexibility index (Phi) is 5.63. The fraction of sp³-hybridized carbons (Fsp3) is 0.207. The molecule has 1 fully saturated rings. The van der Waals surface area contributed by atoms with E-state index >= 15 is 0 Å². The standard InChI is InChI=1S/C29H25N5O3/c1-33-16-18-13-21(6-10-24(18)29(33)36)34-17-19(15-30)25-14-23(9-11-27(25)34)37-22-7-4-20(5-8-22)32-28(35)26-3-2-12-31-26/h4-11,13-14,17,26,31H,2-3,12,16H2,1H3,(H,32,35)/t26-/m0/s1. The summed E-state index contributed by atoms with van der Waals surface area (Å²) < 4.78 is 8.03. The number of ether oxygens (including phenoxy) is 1. The zero-order valence-electron chi connectivity index (χ0n) is 20.3. The summed E-state index contributed by atoms with van der Waals surface area (Å²) in [4.78, 5) is 26.3. The molecular weight excluding hydrogens is 466 g/mol. The van der Waals surface area contributed by atoms with E-state index in [1.807, 2.05) is 59.3 Å². The highest BCUT2D eigenvalue weighted by atomic mass is 16.5. The van der Waals surface area contributed by atoms with Gasteiger partial charge in [-0.2, -0.15) is 5.26 Å². The number of hydrogen-bond donors (Lipinski definition) is 2. The molecule has 0 aliphatic carbocycles. The van der Waals surface area contributed by atoms with Gasteiger partial charge in [0.15, 0.2) is 0 Å². The minimum absolute atomic E-state index is 0.0212. The van der Waals surface area contributed by atoms with Crippen LogP contribution in [0.25, 0.3) is 16.6 Å². The lowest BCUT2D eigenvalue weighted by Gasteiger charge is -2.12. The molecule has 184 valence electrons. The van der Waals surface area contributed by atoms with Gasteiger partial charge >= 0.3 is 0 Å². The Balaban J connectivity index is 1.23. The zero-order chi connectivity index (χ0) is 25.5. The van der Waals surface area contributed by atoms with Gasteiger partial charge < -0.3 is 24.8 Å². The van der Waals surface area contributed by atoms with Gasteiger partial charge in [-0.1, -0.05) is 0 Å². The van der Waals surface area contributed by atoms with Crippen LogP contribution < -0.4 is 15.4 Å². The minimum atomic E-state index is -0.134. The van der Waals surface area contributed by atoms with Crippen molar-refractivity contribution < 1.29 is 14.3 Å². The number of nitrogens with one attached hydrogen (secondary N) is 2. The molecule has 2 amide bonds. The number of amides is 2. The van der Waals surface area contributed by atoms with Crippen LogP contribution in [0.1, 0.15) is 34.3 Å². The number of hydrogen-bond acceptors (Lipinski definition) is 5. The predicted molar refractivity (Wildman–Crippen MR) is 140 cm³/mol. The quantitative estimate of drug-likeness (QED) is 0.426. The summed E-state index contributed by atoms with van der Waals surface area (Å²) in [6, 6.07) is 20.8. The fourth-order valence-corrected chi connectivity index (χ4v) is 5.06. The van der Waals surface area contributed by atoms with Crippen molar-refractivity contribution in [3.05, 3.63) is 83.6 Å². The SMILES string of the molecule is CN1Cc2cc(-n3cc(C#N)c4cc(Oc5ccc(NC(=O)[C@@H]6CCCN6)cc5)ccc43)ccc2C1=O. The molecule has 8 nitrogen and oxygen atoms in total. The number of anilines is 1. The van der Waals surface area contributed by atoms with Crippen LogP contribution >= 0.6 is 0 Å². The van der Waals surface area contributed by atoms with Crippen molar-refractivity contribution in [2.24, 2.45) is 0 Å². The third-order valence-corrected chi connectivity index (χ3v) is 6.98. The topological polar surface area (TPSA) is 99.4 Å². The van der Waals surface area contributed by atoms with Crippen molar-refractivity contribution in [2.75, 3.05) is 18.9 Å². The highest BCUT2D eigenvalue weighted by Gasteiger charge is 2.25. The molecule has 8 heteroatoms. The second kappa shape index (κ2) is 9.12. The van der Waals surface area contributed by atoms with Crippen molar-refractivity contribution >= 4 is 28.4 Å². The zero-order valence-corrected chi connectivity index (χ0v) is 20.3. The number of carbonyl (C=O) groups excluding carboxylic acids is 2. The maximum absolute atomic E-state index is 12.3. The van der Waals surface area contributed by atoms with Crippen LogP contribution in [0.3, 0.4) is 0 Å². The lowest BCUT2D eigenvalue weighted by atomic mass is 10.1. The van der Waals surface area contributed by atoms with Crippen LogP contribution in [0.4, 0.5) is 5.69 Å². The molecule has 4 aromatic rings. The van der Waals surface area contributed by atoms with E-state index in [1.165, 1.54) is 0 Å². The molecule has 0 unspecified atom stereocenters. The smallest absolute Gasteiger partial charge is 0.254 e. The number of nitriles is 1. The van der Waals surface area contributed by atoms with Gasteiger partial charge in [-0.25, -0.2) is 0 Å². The Morgan fingerprint density at radius 3 is 2.68 bits per heavy atom. The van der Waals surface area contributed by atoms with E-state index in [1.54, 1.807) is 24.1 Å². The van der Waals surface area contributed by atoms with E-state index in [0.29, 0.717) is 29.3 Å². The molecule has 0 bridgehead atoms. The molecule has 37 heavy (non-hydrogen) atoms. The monoisotopic (exact) mass is 491 g/mol. The molecule has 2 aliphatic rings. The molecule has 1 atom stereocenters. The molecule has 3 heterocycles. The first kappa shape index (κ1) is 22.8. The van der Waals surface area contributed by atoms with Crippen LogP contribution in [0.5, 0.6) is 11.5 Å². The Morgan fingerprint density at radius 2 is 1.92 bits per heavy atom. The highest BCUT2D eigenvalue weighted by Crippen LogP contribution is 2.32. The molecule has 1 aromatic heterocycles. The van der Waals surface area contributed by atoms with Crippen molar-refractivity contribution in [1.82, 2.24) is 14.8 Å². The lowest BCUT2D eigenvalue weighted by molar-refractivity contribution is -0.117. The maximum atomic E-state index is 12.3. The highest BCUT2D eigenvalue weighted by molar-refractivity contribution is 5.98. The van der Waals surface area contributed by atoms with Gasteiger partial charge in [-0.05, 0) is 85.6 Å². The molecular formula is C29H25N5O3. The van der Waals surface area contributed by atoms with Crippen LogP contribution in [-0.2, 0) is 11.3 Å². The Labute approximate surface area is 214 Å². The van der Waals surface area contributed by atoms with Gasteiger partial charge in [0.1, 0.15) is 17.6 Å². The average molecular weight is 492 g/mol. The molecule has 6 rings (SSSR count). The summed E-state index contributed by atoms with van der Waals surface area (Å²) >= 11 is 0. The normalized spacial score (nSPS) is 16.6. The van der Waals surface area contributed by atoms with Gasteiger partial charge in [0.05, 0.1) is 17.1 Å². The van der Waals surface area contributed by atoms with E-state index in [0.717, 1.165) is 47.1 Å². The molecule has 3 aromatic carbocycles. The number of aromatic nitrogens is 1. The molecule has 0 saturated carbocycles. The summed E-state index contributed by atoms with van der Waals surface area (Å²) in [5.41, 5.74) is 4.72. The number of rotatable bonds is 5. The van der Waals surface area contributed by atoms with Crippen LogP contribution in [0.15, 0.2) is 66.9 Å². The van der Waals surface area contributed by atoms with Crippen molar-refractivity contribution in [2.45, 2.75) is 25.4 Å². The second-order valence-electron chi connectivity index (χ2n) is 9.47. The summed E-state index contributed by atoms with van der Waals surface area (Å²) in [6.07, 6.45) is 3.68. The van der Waals surface area contributed by atoms with Crippen molar-refractivity contribution in [1.29, 1.82) is 5.26 Å². The summed E-state index contributed by atoms with van der Waals surface area (Å²) in [7, 11) is 1.79. The Hall–Kier alpha value is -4.61. The number of benzene rings is 3. The number of nitrogens with zero attached hydrogens (tertiary/aromatic N) is 3. The summed E-state index contributed by atoms with van der Waals surface area (Å²) in [5, 5.41) is 16.7. The predicted octanol–water partition coefficient (Wildman–Crippen LogP) is 4.57. The summed E-state index contributed by atoms with van der Waals surface area (Å²) in [5.74, 6) is 1.24. The number of carbonyl (C=O) groups is 2. The third kappa shape index (κ3) is 4.20. The average Bonchev–Trinajstić information content (AvgIpc) is 3.63.